The molecule has 2 aromatic carbocycles. The second-order valence-electron chi connectivity index (χ2n) is 4.67. The van der Waals surface area contributed by atoms with Crippen LogP contribution < -0.4 is 5.43 Å². The second kappa shape index (κ2) is 6.79. The van der Waals surface area contributed by atoms with E-state index in [-0.39, 0.29) is 11.7 Å². The molecular weight excluding hydrogens is 267 g/mol. The quantitative estimate of drug-likeness (QED) is 0.677. The van der Waals surface area contributed by atoms with Gasteiger partial charge < -0.3 is 0 Å². The molecule has 21 heavy (non-hydrogen) atoms. The number of hydrogen-bond acceptors (Lipinski definition) is 2. The Morgan fingerprint density at radius 3 is 2.43 bits per heavy atom. The first-order valence-electron chi connectivity index (χ1n) is 6.80. The fraction of sp³-hybridized carbons (Fsp3) is 0.176. The van der Waals surface area contributed by atoms with Crippen molar-refractivity contribution < 1.29 is 9.18 Å². The van der Waals surface area contributed by atoms with Gasteiger partial charge in [0.05, 0.1) is 5.71 Å². The molecule has 0 saturated carbocycles. The molecule has 0 aliphatic rings. The molecule has 4 heteroatoms. The van der Waals surface area contributed by atoms with Gasteiger partial charge in [-0.05, 0) is 37.1 Å². The Labute approximate surface area is 123 Å². The van der Waals surface area contributed by atoms with Gasteiger partial charge in [-0.3, -0.25) is 4.79 Å². The van der Waals surface area contributed by atoms with Crippen LogP contribution in [0.3, 0.4) is 0 Å². The van der Waals surface area contributed by atoms with E-state index in [9.17, 15) is 9.18 Å². The largest absolute Gasteiger partial charge is 0.271 e. The van der Waals surface area contributed by atoms with Crippen LogP contribution in [0, 0.1) is 5.82 Å². The summed E-state index contributed by atoms with van der Waals surface area (Å²) >= 11 is 0. The number of aryl methyl sites for hydroxylation is 1. The van der Waals surface area contributed by atoms with Gasteiger partial charge in [-0.25, -0.2) is 9.82 Å². The number of halogens is 1. The zero-order valence-electron chi connectivity index (χ0n) is 12.1. The van der Waals surface area contributed by atoms with Crippen molar-refractivity contribution in [3.63, 3.8) is 0 Å². The zero-order valence-corrected chi connectivity index (χ0v) is 12.1. The number of carbonyl (C=O) groups excluding carboxylic acids is 1. The minimum absolute atomic E-state index is 0.312. The summed E-state index contributed by atoms with van der Waals surface area (Å²) in [4.78, 5) is 12.0. The molecule has 0 aliphatic carbocycles. The van der Waals surface area contributed by atoms with Crippen molar-refractivity contribution in [2.45, 2.75) is 20.3 Å². The second-order valence-corrected chi connectivity index (χ2v) is 4.67. The van der Waals surface area contributed by atoms with Crippen molar-refractivity contribution in [1.29, 1.82) is 0 Å². The summed E-state index contributed by atoms with van der Waals surface area (Å²) in [6.07, 6.45) is 0.923. The third-order valence-corrected chi connectivity index (χ3v) is 3.21. The first-order chi connectivity index (χ1) is 10.1. The van der Waals surface area contributed by atoms with E-state index >= 15 is 0 Å². The molecule has 0 heterocycles. The highest BCUT2D eigenvalue weighted by Gasteiger charge is 2.07. The lowest BCUT2D eigenvalue weighted by atomic mass is 10.1. The number of benzene rings is 2. The monoisotopic (exact) mass is 284 g/mol. The summed E-state index contributed by atoms with van der Waals surface area (Å²) < 4.78 is 13.6. The Kier molecular flexibility index (Phi) is 4.82. The van der Waals surface area contributed by atoms with Gasteiger partial charge in [0.15, 0.2) is 0 Å². The highest BCUT2D eigenvalue weighted by atomic mass is 19.1. The number of carbonyl (C=O) groups is 1. The molecule has 0 atom stereocenters. The van der Waals surface area contributed by atoms with E-state index in [1.165, 1.54) is 6.07 Å². The predicted octanol–water partition coefficient (Wildman–Crippen LogP) is 3.54. The molecule has 2 aromatic rings. The van der Waals surface area contributed by atoms with Crippen molar-refractivity contribution in [2.75, 3.05) is 0 Å². The number of amides is 1. The summed E-state index contributed by atoms with van der Waals surface area (Å²) in [5.74, 6) is -0.673. The molecular formula is C17H17FN2O. The lowest BCUT2D eigenvalue weighted by molar-refractivity contribution is 0.0955. The summed E-state index contributed by atoms with van der Waals surface area (Å²) in [6.45, 7) is 3.70. The maximum Gasteiger partial charge on any atom is 0.271 e. The fourth-order valence-electron chi connectivity index (χ4n) is 1.91. The highest BCUT2D eigenvalue weighted by molar-refractivity contribution is 6.01. The number of rotatable bonds is 4. The Morgan fingerprint density at radius 2 is 1.81 bits per heavy atom. The minimum atomic E-state index is -0.361. The van der Waals surface area contributed by atoms with Gasteiger partial charge in [-0.1, -0.05) is 37.3 Å². The maximum atomic E-state index is 13.6. The van der Waals surface area contributed by atoms with E-state index in [1.54, 1.807) is 37.3 Å². The number of nitrogens with one attached hydrogen (secondary N) is 1. The minimum Gasteiger partial charge on any atom is -0.267 e. The van der Waals surface area contributed by atoms with Crippen molar-refractivity contribution in [3.8, 4) is 0 Å². The first-order valence-corrected chi connectivity index (χ1v) is 6.80. The van der Waals surface area contributed by atoms with Gasteiger partial charge in [0, 0.05) is 11.1 Å². The summed E-state index contributed by atoms with van der Waals surface area (Å²) in [7, 11) is 0. The summed E-state index contributed by atoms with van der Waals surface area (Å²) in [5, 5.41) is 3.95. The van der Waals surface area contributed by atoms with Crippen LogP contribution in [0.4, 0.5) is 4.39 Å². The molecule has 108 valence electrons. The van der Waals surface area contributed by atoms with Crippen molar-refractivity contribution >= 4 is 11.6 Å². The molecule has 0 spiro atoms. The Balaban J connectivity index is 2.09. The molecule has 0 radical (unpaired) electrons. The highest BCUT2D eigenvalue weighted by Crippen LogP contribution is 2.08. The molecule has 0 unspecified atom stereocenters. The van der Waals surface area contributed by atoms with Gasteiger partial charge in [-0.15, -0.1) is 0 Å². The first kappa shape index (κ1) is 14.9. The van der Waals surface area contributed by atoms with Gasteiger partial charge >= 0.3 is 0 Å². The fourth-order valence-corrected chi connectivity index (χ4v) is 1.91. The molecule has 0 fully saturated rings. The zero-order chi connectivity index (χ0) is 15.2. The Morgan fingerprint density at radius 1 is 1.14 bits per heavy atom. The lowest BCUT2D eigenvalue weighted by Gasteiger charge is -2.04. The van der Waals surface area contributed by atoms with Crippen molar-refractivity contribution in [1.82, 2.24) is 5.43 Å². The van der Waals surface area contributed by atoms with E-state index in [0.29, 0.717) is 16.8 Å². The van der Waals surface area contributed by atoms with E-state index in [2.05, 4.69) is 17.5 Å². The summed E-state index contributed by atoms with van der Waals surface area (Å²) in [5.41, 5.74) is 4.93. The van der Waals surface area contributed by atoms with Crippen LogP contribution in [-0.4, -0.2) is 11.6 Å². The summed E-state index contributed by atoms with van der Waals surface area (Å²) in [6, 6.07) is 13.6. The SMILES string of the molecule is CCc1ccc(C(=O)N/N=C(/C)c2ccccc2F)cc1. The maximum absolute atomic E-state index is 13.6. The number of nitrogens with zero attached hydrogens (tertiary/aromatic N) is 1. The van der Waals surface area contributed by atoms with Crippen LogP contribution in [0.2, 0.25) is 0 Å². The average Bonchev–Trinajstić information content (AvgIpc) is 2.52. The molecule has 0 bridgehead atoms. The van der Waals surface area contributed by atoms with Crippen molar-refractivity contribution in [3.05, 3.63) is 71.0 Å². The van der Waals surface area contributed by atoms with E-state index in [4.69, 9.17) is 0 Å². The third-order valence-electron chi connectivity index (χ3n) is 3.21. The average molecular weight is 284 g/mol. The van der Waals surface area contributed by atoms with E-state index in [0.717, 1.165) is 12.0 Å². The molecule has 2 rings (SSSR count). The standard InChI is InChI=1S/C17H17FN2O/c1-3-13-8-10-14(11-9-13)17(21)20-19-12(2)15-6-4-5-7-16(15)18/h4-11H,3H2,1-2H3,(H,20,21)/b19-12-. The Hall–Kier alpha value is -2.49. The number of hydrazone groups is 1. The topological polar surface area (TPSA) is 41.5 Å². The number of hydrogen-bond donors (Lipinski definition) is 1. The third kappa shape index (κ3) is 3.75. The molecule has 0 aromatic heterocycles. The van der Waals surface area contributed by atoms with Crippen LogP contribution in [0.15, 0.2) is 53.6 Å². The van der Waals surface area contributed by atoms with Gasteiger partial charge in [0.25, 0.3) is 5.91 Å². The van der Waals surface area contributed by atoms with Gasteiger partial charge in [0.1, 0.15) is 5.82 Å². The van der Waals surface area contributed by atoms with Crippen LogP contribution in [0.1, 0.15) is 35.3 Å². The van der Waals surface area contributed by atoms with Crippen LogP contribution in [0.25, 0.3) is 0 Å². The van der Waals surface area contributed by atoms with Crippen LogP contribution >= 0.6 is 0 Å². The molecule has 0 saturated heterocycles. The normalized spacial score (nSPS) is 11.3. The van der Waals surface area contributed by atoms with Crippen LogP contribution in [0.5, 0.6) is 0 Å². The predicted molar refractivity (Wildman–Crippen MR) is 81.9 cm³/mol. The van der Waals surface area contributed by atoms with E-state index < -0.39 is 0 Å². The molecule has 0 aliphatic heterocycles. The van der Waals surface area contributed by atoms with Crippen LogP contribution in [-0.2, 0) is 6.42 Å². The molecule has 1 amide bonds. The molecule has 1 N–H and O–H groups in total. The lowest BCUT2D eigenvalue weighted by Crippen LogP contribution is -2.19. The van der Waals surface area contributed by atoms with Crippen molar-refractivity contribution in [2.24, 2.45) is 5.10 Å². The Bertz CT molecular complexity index is 663. The molecule has 3 nitrogen and oxygen atoms in total. The van der Waals surface area contributed by atoms with E-state index in [1.807, 2.05) is 12.1 Å². The van der Waals surface area contributed by atoms with Gasteiger partial charge in [0.2, 0.25) is 0 Å². The van der Waals surface area contributed by atoms with Gasteiger partial charge in [-0.2, -0.15) is 5.10 Å². The smallest absolute Gasteiger partial charge is 0.267 e.